The molecule has 1 aromatic rings. The van der Waals surface area contributed by atoms with E-state index in [4.69, 9.17) is 5.73 Å². The van der Waals surface area contributed by atoms with Crippen molar-refractivity contribution in [1.29, 1.82) is 0 Å². The van der Waals surface area contributed by atoms with Crippen LogP contribution in [0, 0.1) is 0 Å². The largest absolute Gasteiger partial charge is 0.383 e. The lowest BCUT2D eigenvalue weighted by Crippen LogP contribution is -2.07. The average Bonchev–Trinajstić information content (AvgIpc) is 2.83. The van der Waals surface area contributed by atoms with Crippen molar-refractivity contribution < 1.29 is 0 Å². The smallest absolute Gasteiger partial charge is 0.130 e. The molecule has 2 N–H and O–H groups in total. The van der Waals surface area contributed by atoms with Crippen molar-refractivity contribution >= 4 is 17.7 Å². The molecule has 1 aromatic heterocycles. The van der Waals surface area contributed by atoms with Crippen LogP contribution in [-0.4, -0.2) is 16.0 Å². The third-order valence-electron chi connectivity index (χ3n) is 3.08. The average molecular weight is 202 g/mol. The molecule has 0 amide bonds. The highest BCUT2D eigenvalue weighted by Crippen LogP contribution is 2.29. The second kappa shape index (κ2) is 3.22. The predicted octanol–water partition coefficient (Wildman–Crippen LogP) is 1.62. The molecule has 0 unspecified atom stereocenters. The third-order valence-corrected chi connectivity index (χ3v) is 3.08. The Balaban J connectivity index is 2.05. The normalized spacial score (nSPS) is 19.1. The minimum atomic E-state index is 0.825. The van der Waals surface area contributed by atoms with Crippen molar-refractivity contribution in [2.45, 2.75) is 32.1 Å². The van der Waals surface area contributed by atoms with Crippen LogP contribution in [0.2, 0.25) is 0 Å². The molecule has 0 radical (unpaired) electrons. The summed E-state index contributed by atoms with van der Waals surface area (Å²) in [5, 5.41) is 4.56. The van der Waals surface area contributed by atoms with E-state index < -0.39 is 0 Å². The van der Waals surface area contributed by atoms with E-state index in [9.17, 15) is 0 Å². The summed E-state index contributed by atoms with van der Waals surface area (Å²) in [6.45, 7) is 0. The van der Waals surface area contributed by atoms with Gasteiger partial charge in [0.15, 0.2) is 0 Å². The van der Waals surface area contributed by atoms with Gasteiger partial charge in [-0.05, 0) is 32.1 Å². The van der Waals surface area contributed by atoms with Crippen LogP contribution in [0.1, 0.15) is 30.5 Å². The van der Waals surface area contributed by atoms with Crippen LogP contribution < -0.4 is 5.73 Å². The number of fused-ring (bicyclic) bond motifs is 1. The van der Waals surface area contributed by atoms with E-state index in [0.717, 1.165) is 37.2 Å². The first-order valence-corrected chi connectivity index (χ1v) is 5.43. The first-order valence-electron chi connectivity index (χ1n) is 5.43. The maximum absolute atomic E-state index is 6.09. The first kappa shape index (κ1) is 8.71. The molecule has 2 heterocycles. The number of anilines is 1. The molecule has 2 aliphatic rings. The predicted molar refractivity (Wildman–Crippen MR) is 60.7 cm³/mol. The van der Waals surface area contributed by atoms with Crippen molar-refractivity contribution in [3.05, 3.63) is 17.5 Å². The molecule has 0 bridgehead atoms. The standard InChI is InChI=1S/C11H14N4/c12-11-9-4-1-5-10(9)14-15(11)8-3-2-6-13-7-8/h6-7H,1-5,12H2. The minimum Gasteiger partial charge on any atom is -0.383 e. The number of aryl methyl sites for hydroxylation is 1. The summed E-state index contributed by atoms with van der Waals surface area (Å²) in [5.41, 5.74) is 9.65. The lowest BCUT2D eigenvalue weighted by atomic mass is 10.2. The van der Waals surface area contributed by atoms with Crippen LogP contribution in [0.25, 0.3) is 5.70 Å². The van der Waals surface area contributed by atoms with Crippen LogP contribution in [0.3, 0.4) is 0 Å². The summed E-state index contributed by atoms with van der Waals surface area (Å²) in [5.74, 6) is 0.825. The lowest BCUT2D eigenvalue weighted by molar-refractivity contribution is 0.794. The molecule has 0 atom stereocenters. The molecule has 4 nitrogen and oxygen atoms in total. The highest BCUT2D eigenvalue weighted by Gasteiger charge is 2.21. The number of nitrogens with zero attached hydrogens (tertiary/aromatic N) is 3. The second-order valence-corrected chi connectivity index (χ2v) is 4.07. The second-order valence-electron chi connectivity index (χ2n) is 4.07. The SMILES string of the molecule is Nc1c2c(nn1C1=CN=CCC1)CCC2. The van der Waals surface area contributed by atoms with Gasteiger partial charge in [-0.15, -0.1) is 0 Å². The molecular formula is C11H14N4. The van der Waals surface area contributed by atoms with Crippen molar-refractivity contribution in [3.8, 4) is 0 Å². The van der Waals surface area contributed by atoms with Crippen molar-refractivity contribution in [3.63, 3.8) is 0 Å². The molecule has 78 valence electrons. The molecule has 0 aromatic carbocycles. The van der Waals surface area contributed by atoms with Crippen molar-refractivity contribution in [2.75, 3.05) is 5.73 Å². The number of aliphatic imine (C=N–C) groups is 1. The van der Waals surface area contributed by atoms with E-state index in [1.165, 1.54) is 17.7 Å². The van der Waals surface area contributed by atoms with Gasteiger partial charge in [0, 0.05) is 18.0 Å². The third kappa shape index (κ3) is 1.28. The van der Waals surface area contributed by atoms with Gasteiger partial charge in [0.2, 0.25) is 0 Å². The van der Waals surface area contributed by atoms with Gasteiger partial charge in [-0.1, -0.05) is 0 Å². The molecule has 15 heavy (non-hydrogen) atoms. The molecule has 3 rings (SSSR count). The molecule has 4 heteroatoms. The summed E-state index contributed by atoms with van der Waals surface area (Å²) in [4.78, 5) is 4.16. The number of rotatable bonds is 1. The highest BCUT2D eigenvalue weighted by atomic mass is 15.3. The Bertz CT molecular complexity index is 453. The number of nitrogens with two attached hydrogens (primary N) is 1. The Hall–Kier alpha value is -1.58. The Labute approximate surface area is 88.5 Å². The monoisotopic (exact) mass is 202 g/mol. The summed E-state index contributed by atoms with van der Waals surface area (Å²) < 4.78 is 1.88. The molecule has 1 aliphatic heterocycles. The maximum atomic E-state index is 6.09. The summed E-state index contributed by atoms with van der Waals surface area (Å²) in [6, 6.07) is 0. The minimum absolute atomic E-state index is 0.825. The molecule has 0 fully saturated rings. The quantitative estimate of drug-likeness (QED) is 0.752. The summed E-state index contributed by atoms with van der Waals surface area (Å²) >= 11 is 0. The number of hydrogen-bond donors (Lipinski definition) is 1. The number of allylic oxidation sites excluding steroid dienone is 1. The molecule has 0 spiro atoms. The van der Waals surface area contributed by atoms with Gasteiger partial charge in [0.25, 0.3) is 0 Å². The van der Waals surface area contributed by atoms with Gasteiger partial charge in [0.05, 0.1) is 11.4 Å². The van der Waals surface area contributed by atoms with E-state index >= 15 is 0 Å². The zero-order chi connectivity index (χ0) is 10.3. The number of nitrogen functional groups attached to an aromatic ring is 1. The van der Waals surface area contributed by atoms with E-state index in [1.54, 1.807) is 0 Å². The summed E-state index contributed by atoms with van der Waals surface area (Å²) in [6.07, 6.45) is 9.10. The molecule has 0 saturated heterocycles. The van der Waals surface area contributed by atoms with Crippen LogP contribution in [0.5, 0.6) is 0 Å². The van der Waals surface area contributed by atoms with E-state index in [-0.39, 0.29) is 0 Å². The highest BCUT2D eigenvalue weighted by molar-refractivity contribution is 5.67. The Morgan fingerprint density at radius 3 is 2.93 bits per heavy atom. The Morgan fingerprint density at radius 2 is 2.20 bits per heavy atom. The van der Waals surface area contributed by atoms with Crippen LogP contribution in [-0.2, 0) is 12.8 Å². The molecule has 1 aliphatic carbocycles. The fourth-order valence-electron chi connectivity index (χ4n) is 2.29. The fourth-order valence-corrected chi connectivity index (χ4v) is 2.29. The van der Waals surface area contributed by atoms with Crippen molar-refractivity contribution in [2.24, 2.45) is 4.99 Å². The topological polar surface area (TPSA) is 56.2 Å². The lowest BCUT2D eigenvalue weighted by Gasteiger charge is -2.10. The van der Waals surface area contributed by atoms with Gasteiger partial charge in [-0.2, -0.15) is 5.10 Å². The van der Waals surface area contributed by atoms with Crippen LogP contribution >= 0.6 is 0 Å². The van der Waals surface area contributed by atoms with Gasteiger partial charge in [-0.3, -0.25) is 4.99 Å². The van der Waals surface area contributed by atoms with Gasteiger partial charge < -0.3 is 5.73 Å². The van der Waals surface area contributed by atoms with Gasteiger partial charge in [0.1, 0.15) is 5.82 Å². The van der Waals surface area contributed by atoms with E-state index in [2.05, 4.69) is 10.1 Å². The Kier molecular flexibility index (Phi) is 1.87. The van der Waals surface area contributed by atoms with Crippen LogP contribution in [0.4, 0.5) is 5.82 Å². The summed E-state index contributed by atoms with van der Waals surface area (Å²) in [7, 11) is 0. The zero-order valence-electron chi connectivity index (χ0n) is 8.61. The van der Waals surface area contributed by atoms with E-state index in [0.29, 0.717) is 0 Å². The maximum Gasteiger partial charge on any atom is 0.130 e. The fraction of sp³-hybridized carbons (Fsp3) is 0.455. The van der Waals surface area contributed by atoms with Crippen molar-refractivity contribution in [1.82, 2.24) is 9.78 Å². The molecular weight excluding hydrogens is 188 g/mol. The van der Waals surface area contributed by atoms with Gasteiger partial charge in [-0.25, -0.2) is 4.68 Å². The first-order chi connectivity index (χ1) is 7.36. The molecule has 0 saturated carbocycles. The van der Waals surface area contributed by atoms with Gasteiger partial charge >= 0.3 is 0 Å². The number of hydrogen-bond acceptors (Lipinski definition) is 3. The van der Waals surface area contributed by atoms with E-state index in [1.807, 2.05) is 17.1 Å². The Morgan fingerprint density at radius 1 is 1.27 bits per heavy atom. The number of aromatic nitrogens is 2. The zero-order valence-corrected chi connectivity index (χ0v) is 8.61. The van der Waals surface area contributed by atoms with Crippen LogP contribution in [0.15, 0.2) is 11.2 Å².